The van der Waals surface area contributed by atoms with E-state index in [0.717, 1.165) is 6.42 Å². The summed E-state index contributed by atoms with van der Waals surface area (Å²) in [7, 11) is 0. The second-order valence-electron chi connectivity index (χ2n) is 4.38. The van der Waals surface area contributed by atoms with E-state index in [1.165, 1.54) is 0 Å². The standard InChI is InChI=1S/C16H16N2O3/c1-2-11-21-16(20)12-6-8-13(9-7-12)18-15(19)14-5-3-4-10-17-14/h3-10H,2,11H2,1H3,(H,18,19). The Morgan fingerprint density at radius 3 is 2.52 bits per heavy atom. The number of ether oxygens (including phenoxy) is 1. The Kier molecular flexibility index (Phi) is 5.04. The number of esters is 1. The van der Waals surface area contributed by atoms with Crippen LogP contribution in [0, 0.1) is 0 Å². The SMILES string of the molecule is CCCOC(=O)c1ccc(NC(=O)c2ccccn2)cc1. The van der Waals surface area contributed by atoms with Gasteiger partial charge in [0, 0.05) is 11.9 Å². The van der Waals surface area contributed by atoms with Crippen molar-refractivity contribution in [2.75, 3.05) is 11.9 Å². The molecule has 1 heterocycles. The summed E-state index contributed by atoms with van der Waals surface area (Å²) in [6.45, 7) is 2.33. The highest BCUT2D eigenvalue weighted by molar-refractivity contribution is 6.03. The highest BCUT2D eigenvalue weighted by Crippen LogP contribution is 2.11. The maximum atomic E-state index is 11.9. The monoisotopic (exact) mass is 284 g/mol. The van der Waals surface area contributed by atoms with Crippen molar-refractivity contribution in [1.29, 1.82) is 0 Å². The van der Waals surface area contributed by atoms with Crippen molar-refractivity contribution >= 4 is 17.6 Å². The van der Waals surface area contributed by atoms with E-state index in [1.54, 1.807) is 48.7 Å². The summed E-state index contributed by atoms with van der Waals surface area (Å²) < 4.78 is 5.03. The smallest absolute Gasteiger partial charge is 0.338 e. The Bertz CT molecular complexity index is 609. The van der Waals surface area contributed by atoms with Crippen LogP contribution in [-0.2, 0) is 4.74 Å². The topological polar surface area (TPSA) is 68.3 Å². The first-order valence-corrected chi connectivity index (χ1v) is 6.70. The molecule has 1 aromatic carbocycles. The molecule has 5 heteroatoms. The number of benzene rings is 1. The molecule has 0 unspecified atom stereocenters. The van der Waals surface area contributed by atoms with E-state index in [9.17, 15) is 9.59 Å². The number of anilines is 1. The van der Waals surface area contributed by atoms with Gasteiger partial charge in [0.2, 0.25) is 0 Å². The van der Waals surface area contributed by atoms with Crippen molar-refractivity contribution in [2.24, 2.45) is 0 Å². The number of nitrogens with zero attached hydrogens (tertiary/aromatic N) is 1. The lowest BCUT2D eigenvalue weighted by Gasteiger charge is -2.06. The molecule has 2 rings (SSSR count). The molecule has 0 spiro atoms. The van der Waals surface area contributed by atoms with Gasteiger partial charge in [-0.3, -0.25) is 9.78 Å². The van der Waals surface area contributed by atoms with Gasteiger partial charge in [-0.1, -0.05) is 13.0 Å². The van der Waals surface area contributed by atoms with Gasteiger partial charge in [-0.05, 0) is 42.8 Å². The minimum atomic E-state index is -0.362. The number of aromatic nitrogens is 1. The molecule has 0 aliphatic heterocycles. The Morgan fingerprint density at radius 2 is 1.90 bits per heavy atom. The summed E-state index contributed by atoms with van der Waals surface area (Å²) in [5.41, 5.74) is 1.39. The molecule has 1 aromatic heterocycles. The van der Waals surface area contributed by atoms with Crippen molar-refractivity contribution in [1.82, 2.24) is 4.98 Å². The maximum Gasteiger partial charge on any atom is 0.338 e. The van der Waals surface area contributed by atoms with Crippen LogP contribution in [0.15, 0.2) is 48.7 Å². The van der Waals surface area contributed by atoms with E-state index in [0.29, 0.717) is 23.6 Å². The molecule has 0 fully saturated rings. The number of amides is 1. The number of hydrogen-bond donors (Lipinski definition) is 1. The number of hydrogen-bond acceptors (Lipinski definition) is 4. The predicted molar refractivity (Wildman–Crippen MR) is 79.2 cm³/mol. The van der Waals surface area contributed by atoms with E-state index >= 15 is 0 Å². The fourth-order valence-electron chi connectivity index (χ4n) is 1.66. The van der Waals surface area contributed by atoms with Crippen LogP contribution in [0.3, 0.4) is 0 Å². The molecular formula is C16H16N2O3. The Morgan fingerprint density at radius 1 is 1.14 bits per heavy atom. The molecule has 5 nitrogen and oxygen atoms in total. The van der Waals surface area contributed by atoms with E-state index in [-0.39, 0.29) is 11.9 Å². The quantitative estimate of drug-likeness (QED) is 0.857. The molecule has 0 bridgehead atoms. The minimum Gasteiger partial charge on any atom is -0.462 e. The van der Waals surface area contributed by atoms with E-state index < -0.39 is 0 Å². The van der Waals surface area contributed by atoms with Gasteiger partial charge < -0.3 is 10.1 Å². The molecule has 0 aliphatic rings. The van der Waals surface area contributed by atoms with Crippen molar-refractivity contribution in [3.8, 4) is 0 Å². The fourth-order valence-corrected chi connectivity index (χ4v) is 1.66. The van der Waals surface area contributed by atoms with Crippen LogP contribution in [0.25, 0.3) is 0 Å². The molecular weight excluding hydrogens is 268 g/mol. The molecule has 108 valence electrons. The van der Waals surface area contributed by atoms with Gasteiger partial charge in [-0.15, -0.1) is 0 Å². The predicted octanol–water partition coefficient (Wildman–Crippen LogP) is 2.90. The number of nitrogens with one attached hydrogen (secondary N) is 1. The Balaban J connectivity index is 1.99. The highest BCUT2D eigenvalue weighted by atomic mass is 16.5. The third-order valence-corrected chi connectivity index (χ3v) is 2.71. The second-order valence-corrected chi connectivity index (χ2v) is 4.38. The van der Waals surface area contributed by atoms with Crippen LogP contribution >= 0.6 is 0 Å². The van der Waals surface area contributed by atoms with Crippen LogP contribution in [0.4, 0.5) is 5.69 Å². The zero-order valence-corrected chi connectivity index (χ0v) is 11.7. The van der Waals surface area contributed by atoms with Crippen LogP contribution in [0.2, 0.25) is 0 Å². The molecule has 0 aliphatic carbocycles. The molecule has 1 N–H and O–H groups in total. The average molecular weight is 284 g/mol. The fraction of sp³-hybridized carbons (Fsp3) is 0.188. The number of rotatable bonds is 5. The number of carbonyl (C=O) groups is 2. The lowest BCUT2D eigenvalue weighted by Crippen LogP contribution is -2.13. The number of pyridine rings is 1. The van der Waals surface area contributed by atoms with Gasteiger partial charge in [0.1, 0.15) is 5.69 Å². The summed E-state index contributed by atoms with van der Waals surface area (Å²) in [4.78, 5) is 27.5. The lowest BCUT2D eigenvalue weighted by molar-refractivity contribution is 0.0505. The molecule has 1 amide bonds. The molecule has 0 saturated heterocycles. The summed E-state index contributed by atoms with van der Waals surface area (Å²) >= 11 is 0. The van der Waals surface area contributed by atoms with Crippen LogP contribution in [0.1, 0.15) is 34.2 Å². The first-order chi connectivity index (χ1) is 10.2. The summed E-state index contributed by atoms with van der Waals surface area (Å²) in [5.74, 6) is -0.656. The largest absolute Gasteiger partial charge is 0.462 e. The van der Waals surface area contributed by atoms with Crippen LogP contribution < -0.4 is 5.32 Å². The minimum absolute atomic E-state index is 0.295. The Labute approximate surface area is 123 Å². The van der Waals surface area contributed by atoms with Crippen molar-refractivity contribution < 1.29 is 14.3 Å². The van der Waals surface area contributed by atoms with E-state index in [1.807, 2.05) is 6.92 Å². The van der Waals surface area contributed by atoms with Crippen molar-refractivity contribution in [3.63, 3.8) is 0 Å². The lowest BCUT2D eigenvalue weighted by atomic mass is 10.2. The third-order valence-electron chi connectivity index (χ3n) is 2.71. The van der Waals surface area contributed by atoms with Gasteiger partial charge >= 0.3 is 5.97 Å². The maximum absolute atomic E-state index is 11.9. The van der Waals surface area contributed by atoms with Crippen LogP contribution in [0.5, 0.6) is 0 Å². The average Bonchev–Trinajstić information content (AvgIpc) is 2.54. The molecule has 21 heavy (non-hydrogen) atoms. The second kappa shape index (κ2) is 7.19. The van der Waals surface area contributed by atoms with Gasteiger partial charge in [0.05, 0.1) is 12.2 Å². The van der Waals surface area contributed by atoms with Crippen molar-refractivity contribution in [2.45, 2.75) is 13.3 Å². The van der Waals surface area contributed by atoms with Crippen LogP contribution in [-0.4, -0.2) is 23.5 Å². The van der Waals surface area contributed by atoms with Gasteiger partial charge in [-0.2, -0.15) is 0 Å². The van der Waals surface area contributed by atoms with E-state index in [2.05, 4.69) is 10.3 Å². The molecule has 0 atom stereocenters. The normalized spacial score (nSPS) is 9.95. The zero-order chi connectivity index (χ0) is 15.1. The van der Waals surface area contributed by atoms with Gasteiger partial charge in [-0.25, -0.2) is 4.79 Å². The highest BCUT2D eigenvalue weighted by Gasteiger charge is 2.09. The number of carbonyl (C=O) groups excluding carboxylic acids is 2. The zero-order valence-electron chi connectivity index (χ0n) is 11.7. The third kappa shape index (κ3) is 4.14. The molecule has 0 saturated carbocycles. The van der Waals surface area contributed by atoms with Crippen molar-refractivity contribution in [3.05, 3.63) is 59.9 Å². The van der Waals surface area contributed by atoms with Gasteiger partial charge in [0.25, 0.3) is 5.91 Å². The molecule has 0 radical (unpaired) electrons. The van der Waals surface area contributed by atoms with Gasteiger partial charge in [0.15, 0.2) is 0 Å². The molecule has 2 aromatic rings. The first-order valence-electron chi connectivity index (χ1n) is 6.70. The Hall–Kier alpha value is -2.69. The first kappa shape index (κ1) is 14.7. The van der Waals surface area contributed by atoms with E-state index in [4.69, 9.17) is 4.74 Å². The summed E-state index contributed by atoms with van der Waals surface area (Å²) in [5, 5.41) is 2.71. The summed E-state index contributed by atoms with van der Waals surface area (Å²) in [6.07, 6.45) is 2.34. The summed E-state index contributed by atoms with van der Waals surface area (Å²) in [6, 6.07) is 11.7.